The van der Waals surface area contributed by atoms with Gasteiger partial charge >= 0.3 is 6.03 Å². The molecule has 1 fully saturated rings. The van der Waals surface area contributed by atoms with Gasteiger partial charge in [-0.3, -0.25) is 18.8 Å². The molecule has 2 aliphatic rings. The average molecular weight is 422 g/mol. The lowest BCUT2D eigenvalue weighted by Gasteiger charge is -2.21. The second-order valence-electron chi connectivity index (χ2n) is 7.75. The fourth-order valence-electron chi connectivity index (χ4n) is 3.82. The van der Waals surface area contributed by atoms with Crippen LogP contribution in [0.2, 0.25) is 0 Å². The van der Waals surface area contributed by atoms with Crippen molar-refractivity contribution in [3.8, 4) is 0 Å². The fraction of sp³-hybridized carbons (Fsp3) is 0.550. The molecular weight excluding hydrogens is 394 g/mol. The smallest absolute Gasteiger partial charge is 0.323 e. The highest BCUT2D eigenvalue weighted by atomic mass is 32.2. The minimum absolute atomic E-state index is 0.0100. The third kappa shape index (κ3) is 3.88. The maximum absolute atomic E-state index is 12.7. The SMILES string of the molecule is CCCC[C@]1(C)NC(=O)N(CC(=O)c2ccc3c(c2)CCN3S(=O)(=O)CC)C1=O. The first-order chi connectivity index (χ1) is 13.6. The summed E-state index contributed by atoms with van der Waals surface area (Å²) in [6, 6.07) is 4.29. The summed E-state index contributed by atoms with van der Waals surface area (Å²) < 4.78 is 25.8. The van der Waals surface area contributed by atoms with Gasteiger partial charge in [0.2, 0.25) is 10.0 Å². The molecule has 1 saturated heterocycles. The Morgan fingerprint density at radius 2 is 1.97 bits per heavy atom. The van der Waals surface area contributed by atoms with Gasteiger partial charge in [0.1, 0.15) is 5.54 Å². The van der Waals surface area contributed by atoms with Gasteiger partial charge in [-0.1, -0.05) is 19.8 Å². The van der Waals surface area contributed by atoms with Gasteiger partial charge in [-0.15, -0.1) is 0 Å². The van der Waals surface area contributed by atoms with Crippen LogP contribution in [0.1, 0.15) is 56.0 Å². The molecule has 2 heterocycles. The third-order valence-corrected chi connectivity index (χ3v) is 7.41. The summed E-state index contributed by atoms with van der Waals surface area (Å²) in [6.45, 7) is 5.31. The Balaban J connectivity index is 1.76. The van der Waals surface area contributed by atoms with Gasteiger partial charge in [-0.05, 0) is 50.5 Å². The summed E-state index contributed by atoms with van der Waals surface area (Å²) in [5.41, 5.74) is 0.756. The monoisotopic (exact) mass is 421 g/mol. The molecule has 2 aliphatic heterocycles. The molecule has 1 N–H and O–H groups in total. The van der Waals surface area contributed by atoms with E-state index in [1.165, 1.54) is 4.31 Å². The number of hydrogen-bond acceptors (Lipinski definition) is 5. The molecule has 0 unspecified atom stereocenters. The van der Waals surface area contributed by atoms with Crippen LogP contribution in [0.3, 0.4) is 0 Å². The van der Waals surface area contributed by atoms with Crippen molar-refractivity contribution in [1.29, 1.82) is 0 Å². The number of carbonyl (C=O) groups excluding carboxylic acids is 3. The number of nitrogens with one attached hydrogen (secondary N) is 1. The van der Waals surface area contributed by atoms with Crippen molar-refractivity contribution in [2.24, 2.45) is 0 Å². The van der Waals surface area contributed by atoms with Gasteiger partial charge < -0.3 is 5.32 Å². The van der Waals surface area contributed by atoms with E-state index < -0.39 is 21.6 Å². The van der Waals surface area contributed by atoms with Crippen LogP contribution in [0.5, 0.6) is 0 Å². The number of amides is 3. The molecule has 9 heteroatoms. The molecule has 0 saturated carbocycles. The third-order valence-electron chi connectivity index (χ3n) is 5.63. The Bertz CT molecular complexity index is 959. The van der Waals surface area contributed by atoms with Gasteiger partial charge in [-0.25, -0.2) is 13.2 Å². The first kappa shape index (κ1) is 21.3. The minimum Gasteiger partial charge on any atom is -0.323 e. The van der Waals surface area contributed by atoms with Gasteiger partial charge in [0, 0.05) is 12.1 Å². The summed E-state index contributed by atoms with van der Waals surface area (Å²) in [7, 11) is -3.36. The minimum atomic E-state index is -3.36. The van der Waals surface area contributed by atoms with Crippen molar-refractivity contribution in [2.45, 2.75) is 52.0 Å². The highest BCUT2D eigenvalue weighted by Gasteiger charge is 2.47. The van der Waals surface area contributed by atoms with E-state index >= 15 is 0 Å². The van der Waals surface area contributed by atoms with Gasteiger partial charge in [0.15, 0.2) is 5.78 Å². The lowest BCUT2D eigenvalue weighted by molar-refractivity contribution is -0.130. The van der Waals surface area contributed by atoms with Crippen LogP contribution in [0.15, 0.2) is 18.2 Å². The first-order valence-corrected chi connectivity index (χ1v) is 11.5. The first-order valence-electron chi connectivity index (χ1n) is 9.93. The summed E-state index contributed by atoms with van der Waals surface area (Å²) in [5.74, 6) is -0.727. The Kier molecular flexibility index (Phi) is 5.71. The van der Waals surface area contributed by atoms with Crippen molar-refractivity contribution >= 4 is 33.4 Å². The summed E-state index contributed by atoms with van der Waals surface area (Å²) >= 11 is 0. The van der Waals surface area contributed by atoms with Crippen molar-refractivity contribution in [3.05, 3.63) is 29.3 Å². The van der Waals surface area contributed by atoms with Crippen LogP contribution in [0, 0.1) is 0 Å². The molecular formula is C20H27N3O5S. The summed E-state index contributed by atoms with van der Waals surface area (Å²) in [4.78, 5) is 38.7. The largest absolute Gasteiger partial charge is 0.325 e. The van der Waals surface area contributed by atoms with Crippen LogP contribution in [-0.2, 0) is 21.2 Å². The highest BCUT2D eigenvalue weighted by Crippen LogP contribution is 2.31. The fourth-order valence-corrected chi connectivity index (χ4v) is 4.97. The Morgan fingerprint density at radius 3 is 2.62 bits per heavy atom. The lowest BCUT2D eigenvalue weighted by atomic mass is 9.95. The number of carbonyl (C=O) groups is 3. The molecule has 1 atom stereocenters. The number of anilines is 1. The van der Waals surface area contributed by atoms with Crippen molar-refractivity contribution in [3.63, 3.8) is 0 Å². The van der Waals surface area contributed by atoms with Crippen molar-refractivity contribution < 1.29 is 22.8 Å². The van der Waals surface area contributed by atoms with Gasteiger partial charge in [0.25, 0.3) is 5.91 Å². The average Bonchev–Trinajstić information content (AvgIpc) is 3.21. The summed E-state index contributed by atoms with van der Waals surface area (Å²) in [6.07, 6.45) is 2.75. The quantitative estimate of drug-likeness (QED) is 0.511. The molecule has 29 heavy (non-hydrogen) atoms. The second kappa shape index (κ2) is 7.78. The molecule has 158 valence electrons. The zero-order chi connectivity index (χ0) is 21.4. The molecule has 8 nitrogen and oxygen atoms in total. The number of sulfonamides is 1. The highest BCUT2D eigenvalue weighted by molar-refractivity contribution is 7.92. The topological polar surface area (TPSA) is 104 Å². The number of hydrogen-bond donors (Lipinski definition) is 1. The van der Waals surface area contributed by atoms with E-state index in [9.17, 15) is 22.8 Å². The number of urea groups is 1. The molecule has 3 rings (SSSR count). The molecule has 0 radical (unpaired) electrons. The molecule has 0 aromatic heterocycles. The second-order valence-corrected chi connectivity index (χ2v) is 9.93. The van der Waals surface area contributed by atoms with Crippen LogP contribution in [0.4, 0.5) is 10.5 Å². The van der Waals surface area contributed by atoms with E-state index in [1.807, 2.05) is 6.92 Å². The summed E-state index contributed by atoms with van der Waals surface area (Å²) in [5, 5.41) is 2.70. The maximum atomic E-state index is 12.7. The van der Waals surface area contributed by atoms with E-state index in [-0.39, 0.29) is 24.0 Å². The molecule has 3 amide bonds. The number of benzene rings is 1. The van der Waals surface area contributed by atoms with Crippen LogP contribution >= 0.6 is 0 Å². The normalized spacial score (nSPS) is 21.5. The van der Waals surface area contributed by atoms with Gasteiger partial charge in [-0.2, -0.15) is 0 Å². The van der Waals surface area contributed by atoms with Gasteiger partial charge in [0.05, 0.1) is 18.0 Å². The van der Waals surface area contributed by atoms with E-state index in [1.54, 1.807) is 32.0 Å². The maximum Gasteiger partial charge on any atom is 0.325 e. The van der Waals surface area contributed by atoms with Crippen LogP contribution < -0.4 is 9.62 Å². The lowest BCUT2D eigenvalue weighted by Crippen LogP contribution is -2.44. The van der Waals surface area contributed by atoms with Crippen molar-refractivity contribution in [1.82, 2.24) is 10.2 Å². The number of nitrogens with zero attached hydrogens (tertiary/aromatic N) is 2. The Morgan fingerprint density at radius 1 is 1.24 bits per heavy atom. The molecule has 0 spiro atoms. The predicted molar refractivity (Wildman–Crippen MR) is 109 cm³/mol. The van der Waals surface area contributed by atoms with E-state index in [0.717, 1.165) is 23.3 Å². The molecule has 1 aromatic carbocycles. The number of imide groups is 1. The van der Waals surface area contributed by atoms with Crippen LogP contribution in [-0.4, -0.2) is 55.4 Å². The molecule has 0 bridgehead atoms. The zero-order valence-electron chi connectivity index (χ0n) is 17.0. The molecule has 1 aromatic rings. The number of ketones is 1. The standard InChI is InChI=1S/C20H27N3O5S/c1-4-6-10-20(3)18(25)22(19(26)21-20)13-17(24)15-7-8-16-14(12-15)9-11-23(16)29(27,28)5-2/h7-8,12H,4-6,9-11,13H2,1-3H3,(H,21,26)/t20-/m0/s1. The van der Waals surface area contributed by atoms with Crippen molar-refractivity contribution in [2.75, 3.05) is 23.1 Å². The van der Waals surface area contributed by atoms with E-state index in [0.29, 0.717) is 30.6 Å². The predicted octanol–water partition coefficient (Wildman–Crippen LogP) is 2.08. The number of fused-ring (bicyclic) bond motifs is 1. The van der Waals surface area contributed by atoms with Crippen LogP contribution in [0.25, 0.3) is 0 Å². The van der Waals surface area contributed by atoms with E-state index in [2.05, 4.69) is 5.32 Å². The molecule has 0 aliphatic carbocycles. The number of Topliss-reactive ketones (excluding diaryl/α,β-unsaturated/α-hetero) is 1. The number of rotatable bonds is 8. The van der Waals surface area contributed by atoms with E-state index in [4.69, 9.17) is 0 Å². The number of unbranched alkanes of at least 4 members (excludes halogenated alkanes) is 1. The Hall–Kier alpha value is -2.42. The Labute approximate surface area is 171 Å². The zero-order valence-corrected chi connectivity index (χ0v) is 17.8.